The maximum absolute atomic E-state index is 12.5. The van der Waals surface area contributed by atoms with Gasteiger partial charge in [0.05, 0.1) is 17.1 Å². The topological polar surface area (TPSA) is 79.8 Å². The molecule has 164 valence electrons. The van der Waals surface area contributed by atoms with Crippen LogP contribution in [0.1, 0.15) is 46.7 Å². The lowest BCUT2D eigenvalue weighted by atomic mass is 10.0. The van der Waals surface area contributed by atoms with Crippen LogP contribution in [0.3, 0.4) is 0 Å². The van der Waals surface area contributed by atoms with Gasteiger partial charge in [0, 0.05) is 18.8 Å². The zero-order valence-corrected chi connectivity index (χ0v) is 18.7. The molecule has 0 atom stereocenters. The number of hydrogen-bond acceptors (Lipinski definition) is 5. The molecule has 2 heterocycles. The van der Waals surface area contributed by atoms with Crippen molar-refractivity contribution in [2.45, 2.75) is 46.1 Å². The van der Waals surface area contributed by atoms with E-state index in [9.17, 15) is 4.79 Å². The molecule has 4 aromatic rings. The van der Waals surface area contributed by atoms with Gasteiger partial charge in [-0.15, -0.1) is 0 Å². The van der Waals surface area contributed by atoms with Crippen molar-refractivity contribution in [1.29, 1.82) is 0 Å². The minimum atomic E-state index is -0.273. The molecule has 2 aromatic heterocycles. The fourth-order valence-corrected chi connectivity index (χ4v) is 4.07. The summed E-state index contributed by atoms with van der Waals surface area (Å²) in [7, 11) is 1.60. The van der Waals surface area contributed by atoms with E-state index in [1.807, 2.05) is 42.9 Å². The molecule has 0 unspecified atom stereocenters. The SMILES string of the molecule is Cc1ccn(-c2cc(C)c(OCc3c(C4CC4)cccc3-n3nnn(C)c3=O)cc2C)n1. The number of aryl methyl sites for hydroxylation is 4. The molecule has 5 rings (SSSR count). The third-order valence-corrected chi connectivity index (χ3v) is 5.99. The number of rotatable bonds is 6. The van der Waals surface area contributed by atoms with E-state index in [1.165, 1.54) is 14.9 Å². The largest absolute Gasteiger partial charge is 0.489 e. The van der Waals surface area contributed by atoms with Crippen molar-refractivity contribution in [3.8, 4) is 17.1 Å². The van der Waals surface area contributed by atoms with E-state index in [4.69, 9.17) is 4.74 Å². The molecule has 0 spiro atoms. The summed E-state index contributed by atoms with van der Waals surface area (Å²) >= 11 is 0. The zero-order valence-electron chi connectivity index (χ0n) is 18.7. The molecule has 0 bridgehead atoms. The molecular weight excluding hydrogens is 404 g/mol. The van der Waals surface area contributed by atoms with Gasteiger partial charge in [-0.25, -0.2) is 9.48 Å². The normalized spacial score (nSPS) is 13.5. The summed E-state index contributed by atoms with van der Waals surface area (Å²) in [5.41, 5.74) is 6.78. The van der Waals surface area contributed by atoms with E-state index in [2.05, 4.69) is 40.6 Å². The minimum absolute atomic E-state index is 0.273. The highest BCUT2D eigenvalue weighted by Gasteiger charge is 2.28. The standard InChI is InChI=1S/C24H26N6O2/c1-15-13-23(16(2)12-22(15)29-11-10-17(3)25-29)32-14-20-19(18-8-9-18)6-5-7-21(20)30-24(31)28(4)26-27-30/h5-7,10-13,18H,8-9,14H2,1-4H3. The Hall–Kier alpha value is -3.68. The van der Waals surface area contributed by atoms with Gasteiger partial charge in [-0.2, -0.15) is 14.5 Å². The van der Waals surface area contributed by atoms with Crippen LogP contribution in [-0.2, 0) is 13.7 Å². The minimum Gasteiger partial charge on any atom is -0.489 e. The van der Waals surface area contributed by atoms with E-state index in [0.29, 0.717) is 12.5 Å². The quantitative estimate of drug-likeness (QED) is 0.468. The number of aromatic nitrogens is 6. The lowest BCUT2D eigenvalue weighted by Crippen LogP contribution is -2.23. The second-order valence-corrected chi connectivity index (χ2v) is 8.51. The van der Waals surface area contributed by atoms with E-state index in [1.54, 1.807) is 7.05 Å². The van der Waals surface area contributed by atoms with Gasteiger partial charge in [0.25, 0.3) is 0 Å². The molecule has 0 amide bonds. The number of hydrogen-bond donors (Lipinski definition) is 0. The Morgan fingerprint density at radius 3 is 2.50 bits per heavy atom. The van der Waals surface area contributed by atoms with E-state index < -0.39 is 0 Å². The van der Waals surface area contributed by atoms with Crippen LogP contribution in [0, 0.1) is 20.8 Å². The highest BCUT2D eigenvalue weighted by Crippen LogP contribution is 2.43. The van der Waals surface area contributed by atoms with Gasteiger partial charge in [0.1, 0.15) is 12.4 Å². The number of benzene rings is 2. The summed E-state index contributed by atoms with van der Waals surface area (Å²) in [6, 6.07) is 12.1. The molecule has 1 aliphatic rings. The molecule has 0 radical (unpaired) electrons. The van der Waals surface area contributed by atoms with Crippen LogP contribution >= 0.6 is 0 Å². The van der Waals surface area contributed by atoms with E-state index >= 15 is 0 Å². The number of ether oxygens (including phenoxy) is 1. The van der Waals surface area contributed by atoms with Crippen LogP contribution in [0.25, 0.3) is 11.4 Å². The van der Waals surface area contributed by atoms with Crippen molar-refractivity contribution in [1.82, 2.24) is 29.6 Å². The van der Waals surface area contributed by atoms with Gasteiger partial charge in [-0.05, 0) is 90.9 Å². The Balaban J connectivity index is 1.49. The van der Waals surface area contributed by atoms with Crippen molar-refractivity contribution in [3.63, 3.8) is 0 Å². The molecule has 1 fully saturated rings. The molecule has 1 aliphatic carbocycles. The molecule has 1 saturated carbocycles. The predicted molar refractivity (Wildman–Crippen MR) is 121 cm³/mol. The molecule has 8 heteroatoms. The fourth-order valence-electron chi connectivity index (χ4n) is 4.07. The lowest BCUT2D eigenvalue weighted by Gasteiger charge is -2.17. The second-order valence-electron chi connectivity index (χ2n) is 8.51. The first-order valence-electron chi connectivity index (χ1n) is 10.8. The smallest absolute Gasteiger partial charge is 0.368 e. The highest BCUT2D eigenvalue weighted by molar-refractivity contribution is 5.51. The van der Waals surface area contributed by atoms with E-state index in [0.717, 1.165) is 52.4 Å². The first-order chi connectivity index (χ1) is 15.4. The molecule has 0 saturated heterocycles. The Labute approximate surface area is 186 Å². The monoisotopic (exact) mass is 430 g/mol. The Kier molecular flexibility index (Phi) is 4.92. The van der Waals surface area contributed by atoms with Crippen LogP contribution in [-0.4, -0.2) is 29.6 Å². The van der Waals surface area contributed by atoms with Crippen molar-refractivity contribution in [3.05, 3.63) is 81.0 Å². The fraction of sp³-hybridized carbons (Fsp3) is 0.333. The third-order valence-electron chi connectivity index (χ3n) is 5.99. The van der Waals surface area contributed by atoms with Gasteiger partial charge in [-0.3, -0.25) is 0 Å². The van der Waals surface area contributed by atoms with Crippen molar-refractivity contribution in [2.24, 2.45) is 7.05 Å². The number of tetrazole rings is 1. The maximum Gasteiger partial charge on any atom is 0.368 e. The van der Waals surface area contributed by atoms with Crippen LogP contribution < -0.4 is 10.4 Å². The van der Waals surface area contributed by atoms with Crippen LogP contribution in [0.2, 0.25) is 0 Å². The van der Waals surface area contributed by atoms with Gasteiger partial charge in [-0.1, -0.05) is 12.1 Å². The Morgan fingerprint density at radius 1 is 1.03 bits per heavy atom. The summed E-state index contributed by atoms with van der Waals surface area (Å²) in [4.78, 5) is 12.5. The van der Waals surface area contributed by atoms with Crippen LogP contribution in [0.5, 0.6) is 5.75 Å². The molecule has 0 aliphatic heterocycles. The summed E-state index contributed by atoms with van der Waals surface area (Å²) < 4.78 is 10.8. The molecule has 2 aromatic carbocycles. The molecule has 0 N–H and O–H groups in total. The van der Waals surface area contributed by atoms with Crippen molar-refractivity contribution >= 4 is 0 Å². The summed E-state index contributed by atoms with van der Waals surface area (Å²) in [6.45, 7) is 6.43. The van der Waals surface area contributed by atoms with Gasteiger partial charge in [0.2, 0.25) is 0 Å². The highest BCUT2D eigenvalue weighted by atomic mass is 16.5. The first kappa shape index (κ1) is 20.2. The average molecular weight is 431 g/mol. The molecule has 32 heavy (non-hydrogen) atoms. The first-order valence-corrected chi connectivity index (χ1v) is 10.8. The second kappa shape index (κ2) is 7.78. The van der Waals surface area contributed by atoms with Gasteiger partial charge in [0.15, 0.2) is 0 Å². The zero-order chi connectivity index (χ0) is 22.4. The average Bonchev–Trinajstić information content (AvgIpc) is 3.45. The van der Waals surface area contributed by atoms with E-state index in [-0.39, 0.29) is 5.69 Å². The van der Waals surface area contributed by atoms with Crippen LogP contribution in [0.4, 0.5) is 0 Å². The van der Waals surface area contributed by atoms with Crippen molar-refractivity contribution < 1.29 is 4.74 Å². The summed E-state index contributed by atoms with van der Waals surface area (Å²) in [5, 5.41) is 12.5. The molecule has 8 nitrogen and oxygen atoms in total. The number of nitrogens with zero attached hydrogens (tertiary/aromatic N) is 6. The van der Waals surface area contributed by atoms with Gasteiger partial charge >= 0.3 is 5.69 Å². The third kappa shape index (κ3) is 3.62. The molecular formula is C24H26N6O2. The lowest BCUT2D eigenvalue weighted by molar-refractivity contribution is 0.302. The van der Waals surface area contributed by atoms with Crippen LogP contribution in [0.15, 0.2) is 47.4 Å². The summed E-state index contributed by atoms with van der Waals surface area (Å²) in [5.74, 6) is 1.33. The summed E-state index contributed by atoms with van der Waals surface area (Å²) in [6.07, 6.45) is 4.28. The van der Waals surface area contributed by atoms with Gasteiger partial charge < -0.3 is 4.74 Å². The predicted octanol–water partition coefficient (Wildman–Crippen LogP) is 3.53. The van der Waals surface area contributed by atoms with Crippen molar-refractivity contribution in [2.75, 3.05) is 0 Å². The Bertz CT molecular complexity index is 1360. The maximum atomic E-state index is 12.5. The Morgan fingerprint density at radius 2 is 1.84 bits per heavy atom.